The number of carbonyl (C=O) groups excluding carboxylic acids is 1. The lowest BCUT2D eigenvalue weighted by molar-refractivity contribution is -0.116. The Bertz CT molecular complexity index is 1350. The minimum absolute atomic E-state index is 0.108. The van der Waals surface area contributed by atoms with E-state index in [0.29, 0.717) is 58.1 Å². The molecule has 0 unspecified atom stereocenters. The van der Waals surface area contributed by atoms with E-state index < -0.39 is 6.04 Å². The third-order valence-corrected chi connectivity index (χ3v) is 6.50. The van der Waals surface area contributed by atoms with E-state index in [0.717, 1.165) is 24.1 Å². The van der Waals surface area contributed by atoms with E-state index in [1.165, 1.54) is 0 Å². The van der Waals surface area contributed by atoms with Gasteiger partial charge in [0.2, 0.25) is 18.5 Å². The molecule has 10 heteroatoms. The fourth-order valence-corrected chi connectivity index (χ4v) is 4.88. The Balaban J connectivity index is 1.50. The summed E-state index contributed by atoms with van der Waals surface area (Å²) in [6.07, 6.45) is 2.08. The molecule has 1 atom stereocenters. The number of nitrogens with zero attached hydrogens (tertiary/aromatic N) is 3. The molecule has 3 aliphatic rings. The first-order chi connectivity index (χ1) is 17.1. The number of hydrogen-bond acceptors (Lipinski definition) is 9. The lowest BCUT2D eigenvalue weighted by Crippen LogP contribution is -2.31. The van der Waals surface area contributed by atoms with E-state index in [2.05, 4.69) is 5.32 Å². The minimum Gasteiger partial charge on any atom is -0.493 e. The van der Waals surface area contributed by atoms with Gasteiger partial charge in [0.05, 0.1) is 21.3 Å². The van der Waals surface area contributed by atoms with E-state index in [-0.39, 0.29) is 12.6 Å². The molecule has 2 aromatic carbocycles. The second-order valence-electron chi connectivity index (χ2n) is 8.43. The van der Waals surface area contributed by atoms with E-state index in [1.54, 1.807) is 38.1 Å². The van der Waals surface area contributed by atoms with Gasteiger partial charge in [0.1, 0.15) is 6.04 Å². The molecule has 3 heterocycles. The topological polar surface area (TPSA) is 106 Å². The monoisotopic (exact) mass is 476 g/mol. The van der Waals surface area contributed by atoms with Crippen LogP contribution in [0.25, 0.3) is 11.4 Å². The first-order valence-corrected chi connectivity index (χ1v) is 11.3. The summed E-state index contributed by atoms with van der Waals surface area (Å²) < 4.78 is 29.3. The molecule has 1 aliphatic carbocycles. The van der Waals surface area contributed by atoms with Crippen LogP contribution >= 0.6 is 0 Å². The third-order valence-electron chi connectivity index (χ3n) is 6.50. The van der Waals surface area contributed by atoms with Crippen LogP contribution in [0.5, 0.6) is 28.7 Å². The Labute approximate surface area is 201 Å². The summed E-state index contributed by atoms with van der Waals surface area (Å²) >= 11 is 0. The van der Waals surface area contributed by atoms with Gasteiger partial charge in [-0.3, -0.25) is 4.79 Å². The zero-order chi connectivity index (χ0) is 24.1. The summed E-state index contributed by atoms with van der Waals surface area (Å²) in [4.78, 5) is 17.9. The summed E-state index contributed by atoms with van der Waals surface area (Å²) in [7, 11) is 4.68. The second kappa shape index (κ2) is 8.23. The molecule has 10 nitrogen and oxygen atoms in total. The normalized spacial score (nSPS) is 18.0. The number of carbonyl (C=O) groups is 1. The SMILES string of the molecule is COc1cc(-c2nc3n(n2)[C@H](c2ccc4c(c2)OCO4)C2=C(CCCC2=O)N3)cc(OC)c1OC. The Morgan fingerprint density at radius 1 is 1.00 bits per heavy atom. The molecule has 0 radical (unpaired) electrons. The highest BCUT2D eigenvalue weighted by molar-refractivity contribution is 5.99. The van der Waals surface area contributed by atoms with Crippen LogP contribution in [0.1, 0.15) is 30.9 Å². The van der Waals surface area contributed by atoms with Crippen molar-refractivity contribution in [1.82, 2.24) is 14.8 Å². The zero-order valence-electron chi connectivity index (χ0n) is 19.6. The maximum atomic E-state index is 13.1. The van der Waals surface area contributed by atoms with E-state index >= 15 is 0 Å². The van der Waals surface area contributed by atoms with Gasteiger partial charge in [-0.2, -0.15) is 4.98 Å². The van der Waals surface area contributed by atoms with E-state index in [9.17, 15) is 4.79 Å². The lowest BCUT2D eigenvalue weighted by atomic mass is 9.85. The van der Waals surface area contributed by atoms with Gasteiger partial charge in [0.25, 0.3) is 0 Å². The Morgan fingerprint density at radius 2 is 1.77 bits per heavy atom. The van der Waals surface area contributed by atoms with Crippen LogP contribution in [0.3, 0.4) is 0 Å². The molecule has 6 rings (SSSR count). The van der Waals surface area contributed by atoms with Gasteiger partial charge in [0, 0.05) is 23.3 Å². The van der Waals surface area contributed by atoms with Crippen molar-refractivity contribution >= 4 is 11.7 Å². The molecule has 1 N–H and O–H groups in total. The molecular formula is C25H24N4O6. The van der Waals surface area contributed by atoms with Gasteiger partial charge in [-0.25, -0.2) is 4.68 Å². The van der Waals surface area contributed by atoms with Gasteiger partial charge in [-0.15, -0.1) is 5.10 Å². The quantitative estimate of drug-likeness (QED) is 0.590. The standard InChI is InChI=1S/C25H24N4O6/c1-31-19-10-14(11-20(32-2)23(19)33-3)24-27-25-26-15-5-4-6-16(30)21(15)22(29(25)28-24)13-7-8-17-18(9-13)35-12-34-17/h7-11,22H,4-6,12H2,1-3H3,(H,26,27,28)/t22-/m1/s1. The molecule has 180 valence electrons. The molecule has 0 bridgehead atoms. The number of allylic oxidation sites excluding steroid dienone is 2. The van der Waals surface area contributed by atoms with Crippen molar-refractivity contribution in [2.75, 3.05) is 33.4 Å². The molecule has 0 fully saturated rings. The molecule has 0 amide bonds. The van der Waals surface area contributed by atoms with Crippen molar-refractivity contribution in [1.29, 1.82) is 0 Å². The average molecular weight is 476 g/mol. The molecule has 0 saturated carbocycles. The number of benzene rings is 2. The van der Waals surface area contributed by atoms with Crippen molar-refractivity contribution in [3.8, 4) is 40.1 Å². The van der Waals surface area contributed by atoms with Crippen molar-refractivity contribution in [2.45, 2.75) is 25.3 Å². The maximum Gasteiger partial charge on any atom is 0.231 e. The van der Waals surface area contributed by atoms with Crippen LogP contribution in [-0.4, -0.2) is 48.7 Å². The first-order valence-electron chi connectivity index (χ1n) is 11.3. The number of ketones is 1. The van der Waals surface area contributed by atoms with Gasteiger partial charge in [-0.05, 0) is 42.7 Å². The lowest BCUT2D eigenvalue weighted by Gasteiger charge is -2.32. The van der Waals surface area contributed by atoms with Crippen LogP contribution in [0.15, 0.2) is 41.6 Å². The van der Waals surface area contributed by atoms with Gasteiger partial charge in [-0.1, -0.05) is 6.07 Å². The molecule has 0 spiro atoms. The predicted octanol–water partition coefficient (Wildman–Crippen LogP) is 3.72. The Morgan fingerprint density at radius 3 is 2.51 bits per heavy atom. The van der Waals surface area contributed by atoms with Gasteiger partial charge in [0.15, 0.2) is 34.6 Å². The van der Waals surface area contributed by atoms with Crippen LogP contribution in [0.4, 0.5) is 5.95 Å². The second-order valence-corrected chi connectivity index (χ2v) is 8.43. The molecule has 35 heavy (non-hydrogen) atoms. The molecule has 0 saturated heterocycles. The Kier molecular flexibility index (Phi) is 5.01. The highest BCUT2D eigenvalue weighted by Crippen LogP contribution is 2.45. The number of aromatic nitrogens is 3. The third kappa shape index (κ3) is 3.36. The molecule has 2 aliphatic heterocycles. The number of methoxy groups -OCH3 is 3. The van der Waals surface area contributed by atoms with E-state index in [4.69, 9.17) is 33.8 Å². The first kappa shape index (κ1) is 21.3. The zero-order valence-corrected chi connectivity index (χ0v) is 19.6. The smallest absolute Gasteiger partial charge is 0.231 e. The van der Waals surface area contributed by atoms with Crippen LogP contribution in [-0.2, 0) is 4.79 Å². The average Bonchev–Trinajstić information content (AvgIpc) is 3.53. The summed E-state index contributed by atoms with van der Waals surface area (Å²) in [5, 5.41) is 8.19. The number of anilines is 1. The summed E-state index contributed by atoms with van der Waals surface area (Å²) in [6, 6.07) is 8.89. The summed E-state index contributed by atoms with van der Waals surface area (Å²) in [5.41, 5.74) is 3.17. The number of hydrogen-bond donors (Lipinski definition) is 1. The molecule has 1 aromatic heterocycles. The van der Waals surface area contributed by atoms with Crippen LogP contribution < -0.4 is 29.0 Å². The van der Waals surface area contributed by atoms with Crippen LogP contribution in [0.2, 0.25) is 0 Å². The number of fused-ring (bicyclic) bond motifs is 2. The summed E-state index contributed by atoms with van der Waals surface area (Å²) in [5.74, 6) is 3.96. The highest BCUT2D eigenvalue weighted by Gasteiger charge is 2.37. The van der Waals surface area contributed by atoms with E-state index in [1.807, 2.05) is 18.2 Å². The highest BCUT2D eigenvalue weighted by atomic mass is 16.7. The number of nitrogens with one attached hydrogen (secondary N) is 1. The number of Topliss-reactive ketones (excluding diaryl/α,β-unsaturated/α-hetero) is 1. The number of rotatable bonds is 5. The van der Waals surface area contributed by atoms with Crippen molar-refractivity contribution in [3.05, 3.63) is 47.2 Å². The predicted molar refractivity (Wildman–Crippen MR) is 125 cm³/mol. The number of ether oxygens (including phenoxy) is 5. The molecule has 3 aromatic rings. The maximum absolute atomic E-state index is 13.1. The molecular weight excluding hydrogens is 452 g/mol. The fourth-order valence-electron chi connectivity index (χ4n) is 4.88. The largest absolute Gasteiger partial charge is 0.493 e. The Hall–Kier alpha value is -4.21. The summed E-state index contributed by atoms with van der Waals surface area (Å²) in [6.45, 7) is 0.178. The van der Waals surface area contributed by atoms with Gasteiger partial charge >= 0.3 is 0 Å². The van der Waals surface area contributed by atoms with Crippen LogP contribution in [0, 0.1) is 0 Å². The van der Waals surface area contributed by atoms with Gasteiger partial charge < -0.3 is 29.0 Å². The van der Waals surface area contributed by atoms with Crippen molar-refractivity contribution < 1.29 is 28.5 Å². The van der Waals surface area contributed by atoms with Crippen molar-refractivity contribution in [2.24, 2.45) is 0 Å². The fraction of sp³-hybridized carbons (Fsp3) is 0.320. The minimum atomic E-state index is -0.438. The van der Waals surface area contributed by atoms with Crippen molar-refractivity contribution in [3.63, 3.8) is 0 Å².